The zero-order valence-corrected chi connectivity index (χ0v) is 21.5. The van der Waals surface area contributed by atoms with Gasteiger partial charge in [-0.25, -0.2) is 0 Å². The van der Waals surface area contributed by atoms with Crippen molar-refractivity contribution in [2.75, 3.05) is 31.8 Å². The Balaban J connectivity index is 1.53. The van der Waals surface area contributed by atoms with E-state index in [1.165, 1.54) is 38.4 Å². The summed E-state index contributed by atoms with van der Waals surface area (Å²) in [4.78, 5) is 1.31. The van der Waals surface area contributed by atoms with Gasteiger partial charge in [-0.05, 0) is 90.0 Å². The number of hydrogen-bond donors (Lipinski definition) is 1. The lowest BCUT2D eigenvalue weighted by Gasteiger charge is -2.18. The lowest BCUT2D eigenvalue weighted by atomic mass is 9.90. The number of ether oxygens (including phenoxy) is 2. The lowest BCUT2D eigenvalue weighted by molar-refractivity contribution is 0.414. The number of rotatable bonds is 11. The van der Waals surface area contributed by atoms with Crippen LogP contribution in [0.25, 0.3) is 0 Å². The molecule has 4 rings (SSSR count). The fourth-order valence-corrected chi connectivity index (χ4v) is 4.99. The van der Waals surface area contributed by atoms with Gasteiger partial charge in [0, 0.05) is 22.9 Å². The highest BCUT2D eigenvalue weighted by atomic mass is 32.2. The van der Waals surface area contributed by atoms with Crippen LogP contribution >= 0.6 is 11.8 Å². The molecule has 0 bridgehead atoms. The minimum Gasteiger partial charge on any atom is -0.497 e. The molecule has 0 saturated carbocycles. The van der Waals surface area contributed by atoms with Crippen LogP contribution in [0.5, 0.6) is 11.5 Å². The van der Waals surface area contributed by atoms with E-state index in [1.54, 1.807) is 14.2 Å². The fraction of sp³-hybridized carbons (Fsp3) is 0.226. The lowest BCUT2D eigenvalue weighted by Crippen LogP contribution is -2.09. The Hall–Kier alpha value is -3.37. The van der Waals surface area contributed by atoms with Gasteiger partial charge in [-0.3, -0.25) is 0 Å². The minimum atomic E-state index is 0.885. The third-order valence-electron chi connectivity index (χ3n) is 6.22. The van der Waals surface area contributed by atoms with Crippen LogP contribution in [-0.4, -0.2) is 26.5 Å². The van der Waals surface area contributed by atoms with Crippen molar-refractivity contribution < 1.29 is 9.47 Å². The van der Waals surface area contributed by atoms with Gasteiger partial charge in [0.25, 0.3) is 0 Å². The Morgan fingerprint density at radius 1 is 0.686 bits per heavy atom. The molecule has 0 unspecified atom stereocenters. The van der Waals surface area contributed by atoms with Crippen LogP contribution in [0.2, 0.25) is 0 Å². The molecular weight excluding hydrogens is 450 g/mol. The number of nitrogens with one attached hydrogen (secondary N) is 1. The summed E-state index contributed by atoms with van der Waals surface area (Å²) < 4.78 is 10.7. The van der Waals surface area contributed by atoms with E-state index in [0.29, 0.717) is 0 Å². The first kappa shape index (κ1) is 24.7. The van der Waals surface area contributed by atoms with Crippen LogP contribution in [0.4, 0.5) is 5.69 Å². The van der Waals surface area contributed by atoms with Crippen LogP contribution < -0.4 is 14.8 Å². The zero-order chi connectivity index (χ0) is 24.5. The number of hydrogen-bond acceptors (Lipinski definition) is 4. The maximum absolute atomic E-state index is 5.35. The molecule has 1 N–H and O–H groups in total. The highest BCUT2D eigenvalue weighted by Crippen LogP contribution is 2.29. The van der Waals surface area contributed by atoms with Crippen molar-refractivity contribution in [3.63, 3.8) is 0 Å². The van der Waals surface area contributed by atoms with Gasteiger partial charge in [0.15, 0.2) is 0 Å². The maximum Gasteiger partial charge on any atom is 0.118 e. The summed E-state index contributed by atoms with van der Waals surface area (Å²) >= 11 is 1.88. The van der Waals surface area contributed by atoms with Crippen LogP contribution in [0, 0.1) is 6.92 Å². The van der Waals surface area contributed by atoms with E-state index < -0.39 is 0 Å². The summed E-state index contributed by atoms with van der Waals surface area (Å²) in [7, 11) is 3.41. The monoisotopic (exact) mass is 483 g/mol. The Kier molecular flexibility index (Phi) is 8.74. The summed E-state index contributed by atoms with van der Waals surface area (Å²) in [6, 6.07) is 31.8. The smallest absolute Gasteiger partial charge is 0.118 e. The fourth-order valence-electron chi connectivity index (χ4n) is 4.20. The second-order valence-electron chi connectivity index (χ2n) is 8.51. The van der Waals surface area contributed by atoms with Crippen molar-refractivity contribution in [1.29, 1.82) is 0 Å². The molecule has 4 heteroatoms. The van der Waals surface area contributed by atoms with Crippen LogP contribution in [-0.2, 0) is 12.8 Å². The topological polar surface area (TPSA) is 30.5 Å². The van der Waals surface area contributed by atoms with E-state index in [1.807, 2.05) is 36.0 Å². The average Bonchev–Trinajstić information content (AvgIpc) is 2.91. The Labute approximate surface area is 213 Å². The maximum atomic E-state index is 5.35. The summed E-state index contributed by atoms with van der Waals surface area (Å²) in [5.41, 5.74) is 7.82. The van der Waals surface area contributed by atoms with Crippen LogP contribution in [0.1, 0.15) is 27.8 Å². The predicted molar refractivity (Wildman–Crippen MR) is 148 cm³/mol. The SMILES string of the molecule is COc1ccc(Cc2ccc(NCCSc3ccccc3)c(C)c2Cc2ccc(OC)cc2)cc1. The van der Waals surface area contributed by atoms with Gasteiger partial charge >= 0.3 is 0 Å². The third kappa shape index (κ3) is 6.83. The second-order valence-corrected chi connectivity index (χ2v) is 9.68. The molecule has 0 amide bonds. The largest absolute Gasteiger partial charge is 0.497 e. The summed E-state index contributed by atoms with van der Waals surface area (Å²) in [6.07, 6.45) is 1.77. The molecular formula is C31H33NO2S. The van der Waals surface area contributed by atoms with Gasteiger partial charge in [0.2, 0.25) is 0 Å². The van der Waals surface area contributed by atoms with Crippen LogP contribution in [0.15, 0.2) is 95.9 Å². The van der Waals surface area contributed by atoms with E-state index in [0.717, 1.165) is 36.6 Å². The second kappa shape index (κ2) is 12.4. The molecule has 180 valence electrons. The Bertz CT molecular complexity index is 1210. The first-order valence-electron chi connectivity index (χ1n) is 11.9. The van der Waals surface area contributed by atoms with E-state index in [2.05, 4.69) is 79.0 Å². The number of thioether (sulfide) groups is 1. The van der Waals surface area contributed by atoms with Gasteiger partial charge in [0.1, 0.15) is 11.5 Å². The molecule has 0 saturated heterocycles. The molecule has 0 aliphatic rings. The molecule has 0 aromatic heterocycles. The molecule has 4 aromatic rings. The van der Waals surface area contributed by atoms with Crippen molar-refractivity contribution in [2.24, 2.45) is 0 Å². The number of anilines is 1. The molecule has 3 nitrogen and oxygen atoms in total. The van der Waals surface area contributed by atoms with Crippen molar-refractivity contribution in [3.05, 3.63) is 119 Å². The minimum absolute atomic E-state index is 0.885. The molecule has 0 spiro atoms. The van der Waals surface area contributed by atoms with Gasteiger partial charge in [-0.1, -0.05) is 48.5 Å². The third-order valence-corrected chi connectivity index (χ3v) is 7.23. The molecule has 0 radical (unpaired) electrons. The van der Waals surface area contributed by atoms with Gasteiger partial charge in [0.05, 0.1) is 14.2 Å². The number of benzene rings is 4. The van der Waals surface area contributed by atoms with Crippen molar-refractivity contribution >= 4 is 17.4 Å². The predicted octanol–water partition coefficient (Wildman–Crippen LogP) is 7.40. The molecule has 0 fully saturated rings. The van der Waals surface area contributed by atoms with Crippen LogP contribution in [0.3, 0.4) is 0 Å². The first-order valence-corrected chi connectivity index (χ1v) is 12.9. The molecule has 0 heterocycles. The quantitative estimate of drug-likeness (QED) is 0.178. The van der Waals surface area contributed by atoms with E-state index >= 15 is 0 Å². The molecule has 0 atom stereocenters. The normalized spacial score (nSPS) is 10.7. The van der Waals surface area contributed by atoms with Gasteiger partial charge in [-0.15, -0.1) is 11.8 Å². The summed E-state index contributed by atoms with van der Waals surface area (Å²) in [5.74, 6) is 2.79. The Morgan fingerprint density at radius 3 is 1.89 bits per heavy atom. The van der Waals surface area contributed by atoms with Gasteiger partial charge < -0.3 is 14.8 Å². The highest BCUT2D eigenvalue weighted by Gasteiger charge is 2.12. The molecule has 35 heavy (non-hydrogen) atoms. The summed E-state index contributed by atoms with van der Waals surface area (Å²) in [6.45, 7) is 3.16. The summed E-state index contributed by atoms with van der Waals surface area (Å²) in [5, 5.41) is 3.68. The molecule has 4 aromatic carbocycles. The molecule has 0 aliphatic carbocycles. The Morgan fingerprint density at radius 2 is 1.29 bits per heavy atom. The number of methoxy groups -OCH3 is 2. The standard InChI is InChI=1S/C31H33NO2S/c1-23-30(22-25-11-16-28(34-3)17-12-25)26(21-24-9-14-27(33-2)15-10-24)13-18-31(23)32-19-20-35-29-7-5-4-6-8-29/h4-18,32H,19-22H2,1-3H3. The molecule has 0 aliphatic heterocycles. The highest BCUT2D eigenvalue weighted by molar-refractivity contribution is 7.99. The van der Waals surface area contributed by atoms with Crippen molar-refractivity contribution in [2.45, 2.75) is 24.7 Å². The van der Waals surface area contributed by atoms with E-state index in [4.69, 9.17) is 9.47 Å². The van der Waals surface area contributed by atoms with Crippen molar-refractivity contribution in [1.82, 2.24) is 0 Å². The van der Waals surface area contributed by atoms with E-state index in [9.17, 15) is 0 Å². The van der Waals surface area contributed by atoms with Crippen molar-refractivity contribution in [3.8, 4) is 11.5 Å². The average molecular weight is 484 g/mol. The van der Waals surface area contributed by atoms with E-state index in [-0.39, 0.29) is 0 Å². The first-order chi connectivity index (χ1) is 17.2. The zero-order valence-electron chi connectivity index (χ0n) is 20.7. The van der Waals surface area contributed by atoms with Gasteiger partial charge in [-0.2, -0.15) is 0 Å².